The summed E-state index contributed by atoms with van der Waals surface area (Å²) in [6.45, 7) is 1.78. The highest BCUT2D eigenvalue weighted by Crippen LogP contribution is 2.28. The van der Waals surface area contributed by atoms with Crippen LogP contribution in [0.2, 0.25) is 0 Å². The minimum atomic E-state index is -3.63. The Balaban J connectivity index is 2.22. The molecule has 1 heterocycles. The van der Waals surface area contributed by atoms with Crippen LogP contribution in [0.4, 0.5) is 0 Å². The smallest absolute Gasteiger partial charge is 0.244 e. The molecular formula is C14H22N2O4S. The summed E-state index contributed by atoms with van der Waals surface area (Å²) in [6.07, 6.45) is 1.62. The average Bonchev–Trinajstić information content (AvgIpc) is 2.48. The molecule has 1 aromatic rings. The predicted molar refractivity (Wildman–Crippen MR) is 80.4 cm³/mol. The SMILES string of the molecule is COc1ccc(OC)c(S(=O)(=O)NC2CCN(C)CC2)c1. The van der Waals surface area contributed by atoms with Gasteiger partial charge in [-0.1, -0.05) is 0 Å². The number of ether oxygens (including phenoxy) is 2. The van der Waals surface area contributed by atoms with E-state index >= 15 is 0 Å². The van der Waals surface area contributed by atoms with Gasteiger partial charge in [0.2, 0.25) is 10.0 Å². The van der Waals surface area contributed by atoms with E-state index in [1.807, 2.05) is 7.05 Å². The molecule has 2 rings (SSSR count). The van der Waals surface area contributed by atoms with Crippen LogP contribution in [0, 0.1) is 0 Å². The van der Waals surface area contributed by atoms with E-state index in [1.54, 1.807) is 12.1 Å². The molecule has 1 aliphatic heterocycles. The van der Waals surface area contributed by atoms with Gasteiger partial charge in [0.1, 0.15) is 16.4 Å². The number of piperidine rings is 1. The van der Waals surface area contributed by atoms with Crippen molar-refractivity contribution in [2.24, 2.45) is 0 Å². The molecule has 0 radical (unpaired) electrons. The number of methoxy groups -OCH3 is 2. The van der Waals surface area contributed by atoms with E-state index in [4.69, 9.17) is 9.47 Å². The molecule has 1 saturated heterocycles. The number of sulfonamides is 1. The maximum absolute atomic E-state index is 12.6. The Kier molecular flexibility index (Phi) is 5.08. The summed E-state index contributed by atoms with van der Waals surface area (Å²) in [5.41, 5.74) is 0. The summed E-state index contributed by atoms with van der Waals surface area (Å²) in [5, 5.41) is 0. The summed E-state index contributed by atoms with van der Waals surface area (Å²) in [5.74, 6) is 0.802. The first-order valence-corrected chi connectivity index (χ1v) is 8.37. The van der Waals surface area contributed by atoms with Crippen molar-refractivity contribution in [1.29, 1.82) is 0 Å². The van der Waals surface area contributed by atoms with E-state index in [-0.39, 0.29) is 10.9 Å². The standard InChI is InChI=1S/C14H22N2O4S/c1-16-8-6-11(7-9-16)15-21(17,18)14-10-12(19-2)4-5-13(14)20-3/h4-5,10-11,15H,6-9H2,1-3H3. The molecule has 0 spiro atoms. The van der Waals surface area contributed by atoms with Gasteiger partial charge >= 0.3 is 0 Å². The Morgan fingerprint density at radius 1 is 1.19 bits per heavy atom. The minimum Gasteiger partial charge on any atom is -0.497 e. The Morgan fingerprint density at radius 3 is 2.43 bits per heavy atom. The first-order chi connectivity index (χ1) is 9.96. The van der Waals surface area contributed by atoms with Crippen LogP contribution in [0.1, 0.15) is 12.8 Å². The van der Waals surface area contributed by atoms with E-state index in [2.05, 4.69) is 9.62 Å². The number of nitrogens with one attached hydrogen (secondary N) is 1. The van der Waals surface area contributed by atoms with Crippen molar-refractivity contribution < 1.29 is 17.9 Å². The van der Waals surface area contributed by atoms with Crippen LogP contribution < -0.4 is 14.2 Å². The zero-order valence-corrected chi connectivity index (χ0v) is 13.4. The maximum atomic E-state index is 12.6. The average molecular weight is 314 g/mol. The van der Waals surface area contributed by atoms with Crippen LogP contribution in [-0.2, 0) is 10.0 Å². The second-order valence-corrected chi connectivity index (χ2v) is 6.90. The molecule has 0 saturated carbocycles. The summed E-state index contributed by atoms with van der Waals surface area (Å²) in [4.78, 5) is 2.31. The minimum absolute atomic E-state index is 0.0397. The zero-order chi connectivity index (χ0) is 15.5. The molecule has 21 heavy (non-hydrogen) atoms. The maximum Gasteiger partial charge on any atom is 0.244 e. The fraction of sp³-hybridized carbons (Fsp3) is 0.571. The number of hydrogen-bond acceptors (Lipinski definition) is 5. The van der Waals surface area contributed by atoms with Crippen LogP contribution in [0.3, 0.4) is 0 Å². The molecule has 1 aliphatic rings. The second-order valence-electron chi connectivity index (χ2n) is 5.22. The summed E-state index contributed by atoms with van der Waals surface area (Å²) < 4.78 is 38.2. The summed E-state index contributed by atoms with van der Waals surface area (Å²) >= 11 is 0. The lowest BCUT2D eigenvalue weighted by molar-refractivity contribution is 0.248. The molecule has 6 nitrogen and oxygen atoms in total. The first kappa shape index (κ1) is 16.1. The van der Waals surface area contributed by atoms with Crippen LogP contribution in [-0.4, -0.2) is 53.7 Å². The lowest BCUT2D eigenvalue weighted by Crippen LogP contribution is -2.43. The van der Waals surface area contributed by atoms with Gasteiger partial charge in [-0.15, -0.1) is 0 Å². The predicted octanol–water partition coefficient (Wildman–Crippen LogP) is 1.08. The highest BCUT2D eigenvalue weighted by molar-refractivity contribution is 7.89. The van der Waals surface area contributed by atoms with Crippen LogP contribution >= 0.6 is 0 Å². The molecule has 0 aliphatic carbocycles. The molecule has 0 unspecified atom stereocenters. The van der Waals surface area contributed by atoms with Crippen molar-refractivity contribution in [2.75, 3.05) is 34.4 Å². The normalized spacial score (nSPS) is 17.7. The van der Waals surface area contributed by atoms with Crippen molar-refractivity contribution in [2.45, 2.75) is 23.8 Å². The van der Waals surface area contributed by atoms with Gasteiger partial charge in [-0.3, -0.25) is 0 Å². The number of nitrogens with zero attached hydrogens (tertiary/aromatic N) is 1. The number of rotatable bonds is 5. The highest BCUT2D eigenvalue weighted by Gasteiger charge is 2.26. The second kappa shape index (κ2) is 6.64. The Bertz CT molecular complexity index is 581. The fourth-order valence-corrected chi connectivity index (χ4v) is 3.89. The van der Waals surface area contributed by atoms with Crippen LogP contribution in [0.5, 0.6) is 11.5 Å². The van der Waals surface area contributed by atoms with Crippen LogP contribution in [0.15, 0.2) is 23.1 Å². The molecule has 1 N–H and O–H groups in total. The van der Waals surface area contributed by atoms with Crippen molar-refractivity contribution >= 4 is 10.0 Å². The van der Waals surface area contributed by atoms with E-state index in [0.29, 0.717) is 11.5 Å². The Morgan fingerprint density at radius 2 is 1.86 bits per heavy atom. The quantitative estimate of drug-likeness (QED) is 0.881. The highest BCUT2D eigenvalue weighted by atomic mass is 32.2. The summed E-state index contributed by atoms with van der Waals surface area (Å²) in [6, 6.07) is 4.72. The number of likely N-dealkylation sites (tertiary alicyclic amines) is 1. The van der Waals surface area contributed by atoms with Crippen molar-refractivity contribution in [3.63, 3.8) is 0 Å². The van der Waals surface area contributed by atoms with Gasteiger partial charge in [0, 0.05) is 12.1 Å². The lowest BCUT2D eigenvalue weighted by atomic mass is 10.1. The van der Waals surface area contributed by atoms with Gasteiger partial charge in [-0.25, -0.2) is 13.1 Å². The molecule has 0 atom stereocenters. The van der Waals surface area contributed by atoms with Gasteiger partial charge in [0.25, 0.3) is 0 Å². The van der Waals surface area contributed by atoms with Crippen LogP contribution in [0.25, 0.3) is 0 Å². The Hall–Kier alpha value is -1.31. The molecule has 1 fully saturated rings. The zero-order valence-electron chi connectivity index (χ0n) is 12.6. The first-order valence-electron chi connectivity index (χ1n) is 6.89. The van der Waals surface area contributed by atoms with Gasteiger partial charge in [0.15, 0.2) is 0 Å². The molecule has 1 aromatic carbocycles. The number of benzene rings is 1. The molecule has 0 bridgehead atoms. The van der Waals surface area contributed by atoms with Crippen molar-refractivity contribution in [3.8, 4) is 11.5 Å². The van der Waals surface area contributed by atoms with Gasteiger partial charge in [-0.2, -0.15) is 0 Å². The summed E-state index contributed by atoms with van der Waals surface area (Å²) in [7, 11) is 1.37. The van der Waals surface area contributed by atoms with Gasteiger partial charge in [0.05, 0.1) is 14.2 Å². The number of hydrogen-bond donors (Lipinski definition) is 1. The monoisotopic (exact) mass is 314 g/mol. The lowest BCUT2D eigenvalue weighted by Gasteiger charge is -2.29. The largest absolute Gasteiger partial charge is 0.497 e. The third-order valence-corrected chi connectivity index (χ3v) is 5.24. The molecular weight excluding hydrogens is 292 g/mol. The van der Waals surface area contributed by atoms with E-state index in [0.717, 1.165) is 25.9 Å². The molecule has 7 heteroatoms. The van der Waals surface area contributed by atoms with Crippen molar-refractivity contribution in [3.05, 3.63) is 18.2 Å². The van der Waals surface area contributed by atoms with E-state index in [1.165, 1.54) is 20.3 Å². The van der Waals surface area contributed by atoms with E-state index < -0.39 is 10.0 Å². The molecule has 118 valence electrons. The topological polar surface area (TPSA) is 67.9 Å². The van der Waals surface area contributed by atoms with Gasteiger partial charge < -0.3 is 14.4 Å². The Labute approximate surface area is 126 Å². The molecule has 0 amide bonds. The molecule has 0 aromatic heterocycles. The van der Waals surface area contributed by atoms with Crippen molar-refractivity contribution in [1.82, 2.24) is 9.62 Å². The van der Waals surface area contributed by atoms with E-state index in [9.17, 15) is 8.42 Å². The fourth-order valence-electron chi connectivity index (χ4n) is 2.40. The van der Waals surface area contributed by atoms with Gasteiger partial charge in [-0.05, 0) is 45.1 Å². The third kappa shape index (κ3) is 3.87. The third-order valence-electron chi connectivity index (χ3n) is 3.70.